The Morgan fingerprint density at radius 2 is 2.03 bits per heavy atom. The molecule has 0 unspecified atom stereocenters. The summed E-state index contributed by atoms with van der Waals surface area (Å²) in [4.78, 5) is 16.3. The first kappa shape index (κ1) is 20.9. The maximum Gasteiger partial charge on any atom is 0.374 e. The number of pyridine rings is 1. The van der Waals surface area contributed by atoms with Crippen LogP contribution in [0, 0.1) is 5.82 Å². The molecule has 0 saturated heterocycles. The Morgan fingerprint density at radius 1 is 1.19 bits per heavy atom. The summed E-state index contributed by atoms with van der Waals surface area (Å²) in [5.74, 6) is -0.261. The summed E-state index contributed by atoms with van der Waals surface area (Å²) < 4.78 is 27.7. The molecule has 0 N–H and O–H groups in total. The summed E-state index contributed by atoms with van der Waals surface area (Å²) >= 11 is 6.11. The number of carbonyl (C=O) groups excluding carboxylic acids is 1. The van der Waals surface area contributed by atoms with E-state index in [0.717, 1.165) is 11.1 Å². The Morgan fingerprint density at radius 3 is 2.77 bits per heavy atom. The van der Waals surface area contributed by atoms with Crippen molar-refractivity contribution in [2.24, 2.45) is 0 Å². The molecular weight excluding hydrogens is 419 g/mol. The lowest BCUT2D eigenvalue weighted by Gasteiger charge is -2.14. The van der Waals surface area contributed by atoms with E-state index in [1.54, 1.807) is 60.1 Å². The minimum atomic E-state index is -0.501. The minimum Gasteiger partial charge on any atom is -0.496 e. The van der Waals surface area contributed by atoms with Gasteiger partial charge in [0.25, 0.3) is 0 Å². The number of benzene rings is 2. The van der Waals surface area contributed by atoms with Crippen molar-refractivity contribution >= 4 is 23.1 Å². The van der Waals surface area contributed by atoms with Crippen LogP contribution in [0.15, 0.2) is 60.9 Å². The van der Waals surface area contributed by atoms with Crippen LogP contribution in [0.3, 0.4) is 0 Å². The summed E-state index contributed by atoms with van der Waals surface area (Å²) in [7, 11) is 1.51. The molecule has 2 heterocycles. The van der Waals surface area contributed by atoms with Gasteiger partial charge in [0, 0.05) is 17.6 Å². The van der Waals surface area contributed by atoms with Crippen LogP contribution in [0.4, 0.5) is 4.39 Å². The molecule has 0 aliphatic heterocycles. The molecule has 0 radical (unpaired) electrons. The molecule has 2 aromatic carbocycles. The Kier molecular flexibility index (Phi) is 5.91. The number of esters is 1. The molecule has 0 amide bonds. The number of imidazole rings is 1. The second-order valence-corrected chi connectivity index (χ2v) is 7.37. The standard InChI is InChI=1S/C24H20ClFN2O3/c1-3-31-24(29)23-27-13-19-9-7-15(14-28(19)23)11-17-8-10-20(30-2)21(22(17)26)16-5-4-6-18(25)12-16/h4-10,12-14H,3,11H2,1-2H3. The monoisotopic (exact) mass is 438 g/mol. The minimum absolute atomic E-state index is 0.188. The van der Waals surface area contributed by atoms with E-state index in [4.69, 9.17) is 21.1 Å². The number of hydrogen-bond donors (Lipinski definition) is 0. The van der Waals surface area contributed by atoms with Crippen LogP contribution in [0.5, 0.6) is 5.75 Å². The van der Waals surface area contributed by atoms with Crippen LogP contribution >= 0.6 is 11.6 Å². The van der Waals surface area contributed by atoms with Gasteiger partial charge in [-0.1, -0.05) is 35.9 Å². The third-order valence-corrected chi connectivity index (χ3v) is 5.19. The van der Waals surface area contributed by atoms with Crippen molar-refractivity contribution in [1.82, 2.24) is 9.38 Å². The molecule has 0 atom stereocenters. The fourth-order valence-corrected chi connectivity index (χ4v) is 3.72. The first-order valence-electron chi connectivity index (χ1n) is 9.76. The molecule has 0 bridgehead atoms. The van der Waals surface area contributed by atoms with E-state index in [0.29, 0.717) is 33.9 Å². The zero-order chi connectivity index (χ0) is 22.0. The van der Waals surface area contributed by atoms with Crippen molar-refractivity contribution < 1.29 is 18.7 Å². The highest BCUT2D eigenvalue weighted by atomic mass is 35.5. The van der Waals surface area contributed by atoms with Gasteiger partial charge in [-0.05, 0) is 47.9 Å². The Hall–Kier alpha value is -3.38. The van der Waals surface area contributed by atoms with E-state index in [1.807, 2.05) is 12.1 Å². The average Bonchev–Trinajstić information content (AvgIpc) is 3.18. The molecule has 2 aromatic heterocycles. The largest absolute Gasteiger partial charge is 0.496 e. The van der Waals surface area contributed by atoms with Gasteiger partial charge in [0.1, 0.15) is 11.6 Å². The van der Waals surface area contributed by atoms with Crippen molar-refractivity contribution in [3.8, 4) is 16.9 Å². The van der Waals surface area contributed by atoms with E-state index in [1.165, 1.54) is 7.11 Å². The molecule has 31 heavy (non-hydrogen) atoms. The number of hydrogen-bond acceptors (Lipinski definition) is 4. The lowest BCUT2D eigenvalue weighted by Crippen LogP contribution is -2.10. The SMILES string of the molecule is CCOC(=O)c1ncc2ccc(Cc3ccc(OC)c(-c4cccc(Cl)c4)c3F)cn12. The topological polar surface area (TPSA) is 52.8 Å². The van der Waals surface area contributed by atoms with Gasteiger partial charge in [-0.2, -0.15) is 0 Å². The second-order valence-electron chi connectivity index (χ2n) is 6.94. The number of ether oxygens (including phenoxy) is 2. The Labute approximate surface area is 184 Å². The average molecular weight is 439 g/mol. The van der Waals surface area contributed by atoms with Crippen LogP contribution in [0.1, 0.15) is 28.7 Å². The van der Waals surface area contributed by atoms with Gasteiger partial charge in [-0.3, -0.25) is 4.40 Å². The Balaban J connectivity index is 1.74. The molecule has 0 aliphatic rings. The van der Waals surface area contributed by atoms with Gasteiger partial charge >= 0.3 is 5.97 Å². The van der Waals surface area contributed by atoms with Crippen molar-refractivity contribution in [3.05, 3.63) is 88.7 Å². The summed E-state index contributed by atoms with van der Waals surface area (Å²) in [6.45, 7) is 2.00. The van der Waals surface area contributed by atoms with Gasteiger partial charge in [0.05, 0.1) is 31.0 Å². The summed E-state index contributed by atoms with van der Waals surface area (Å²) in [5, 5.41) is 0.515. The van der Waals surface area contributed by atoms with E-state index in [-0.39, 0.29) is 18.2 Å². The molecule has 4 rings (SSSR count). The number of rotatable bonds is 6. The van der Waals surface area contributed by atoms with Crippen LogP contribution in [-0.2, 0) is 11.2 Å². The Bertz CT molecular complexity index is 1270. The van der Waals surface area contributed by atoms with Crippen molar-refractivity contribution in [3.63, 3.8) is 0 Å². The van der Waals surface area contributed by atoms with Gasteiger partial charge in [0.15, 0.2) is 0 Å². The normalized spacial score (nSPS) is 11.0. The van der Waals surface area contributed by atoms with Crippen LogP contribution in [0.2, 0.25) is 5.02 Å². The number of aromatic nitrogens is 2. The molecule has 0 aliphatic carbocycles. The predicted molar refractivity (Wildman–Crippen MR) is 117 cm³/mol. The number of carbonyl (C=O) groups is 1. The molecule has 0 saturated carbocycles. The fraction of sp³-hybridized carbons (Fsp3) is 0.167. The maximum atomic E-state index is 15.6. The lowest BCUT2D eigenvalue weighted by molar-refractivity contribution is 0.0511. The van der Waals surface area contributed by atoms with Crippen LogP contribution < -0.4 is 4.74 Å². The van der Waals surface area contributed by atoms with Crippen LogP contribution in [0.25, 0.3) is 16.6 Å². The van der Waals surface area contributed by atoms with E-state index in [9.17, 15) is 4.79 Å². The summed E-state index contributed by atoms with van der Waals surface area (Å²) in [6, 6.07) is 14.2. The van der Waals surface area contributed by atoms with E-state index in [2.05, 4.69) is 4.98 Å². The lowest BCUT2D eigenvalue weighted by atomic mass is 9.97. The zero-order valence-corrected chi connectivity index (χ0v) is 17.8. The van der Waals surface area contributed by atoms with E-state index < -0.39 is 5.97 Å². The van der Waals surface area contributed by atoms with Gasteiger partial charge in [0.2, 0.25) is 5.82 Å². The molecule has 4 aromatic rings. The highest BCUT2D eigenvalue weighted by Crippen LogP contribution is 2.36. The second kappa shape index (κ2) is 8.78. The number of nitrogens with zero attached hydrogens (tertiary/aromatic N) is 2. The van der Waals surface area contributed by atoms with E-state index >= 15 is 4.39 Å². The molecule has 7 heteroatoms. The third-order valence-electron chi connectivity index (χ3n) is 4.96. The highest BCUT2D eigenvalue weighted by molar-refractivity contribution is 6.30. The number of halogens is 2. The molecular formula is C24H20ClFN2O3. The smallest absolute Gasteiger partial charge is 0.374 e. The molecule has 0 spiro atoms. The van der Waals surface area contributed by atoms with Crippen molar-refractivity contribution in [2.45, 2.75) is 13.3 Å². The van der Waals surface area contributed by atoms with Gasteiger partial charge < -0.3 is 9.47 Å². The first-order valence-corrected chi connectivity index (χ1v) is 10.1. The zero-order valence-electron chi connectivity index (χ0n) is 17.1. The number of methoxy groups -OCH3 is 1. The first-order chi connectivity index (χ1) is 15.0. The van der Waals surface area contributed by atoms with Gasteiger partial charge in [-0.15, -0.1) is 0 Å². The van der Waals surface area contributed by atoms with Crippen molar-refractivity contribution in [2.75, 3.05) is 13.7 Å². The van der Waals surface area contributed by atoms with Crippen molar-refractivity contribution in [1.29, 1.82) is 0 Å². The number of fused-ring (bicyclic) bond motifs is 1. The summed E-state index contributed by atoms with van der Waals surface area (Å²) in [6.07, 6.45) is 3.69. The fourth-order valence-electron chi connectivity index (χ4n) is 3.53. The molecule has 158 valence electrons. The van der Waals surface area contributed by atoms with Crippen LogP contribution in [-0.4, -0.2) is 29.1 Å². The third kappa shape index (κ3) is 4.11. The summed E-state index contributed by atoms with van der Waals surface area (Å²) in [5.41, 5.74) is 3.06. The highest BCUT2D eigenvalue weighted by Gasteiger charge is 2.18. The molecule has 5 nitrogen and oxygen atoms in total. The maximum absolute atomic E-state index is 15.6. The quantitative estimate of drug-likeness (QED) is 0.369. The predicted octanol–water partition coefficient (Wildman–Crippen LogP) is 5.57. The van der Waals surface area contributed by atoms with Gasteiger partial charge in [-0.25, -0.2) is 14.2 Å². The molecule has 0 fully saturated rings.